The quantitative estimate of drug-likeness (QED) is 0.185. The first-order chi connectivity index (χ1) is 18.0. The molecule has 0 radical (unpaired) electrons. The van der Waals surface area contributed by atoms with E-state index < -0.39 is 41.7 Å². The van der Waals surface area contributed by atoms with Crippen molar-refractivity contribution in [2.24, 2.45) is 0 Å². The maximum atomic E-state index is 13.7. The Morgan fingerprint density at radius 1 is 1.03 bits per heavy atom. The van der Waals surface area contributed by atoms with Crippen LogP contribution in [0, 0.1) is 13.8 Å². The smallest absolute Gasteiger partial charge is 0.225 e. The standard InChI is InChI=1S/C26H22Cl2N4O6/c1-12-3-7-14(8-4-12)17(33)18(34)21-26(37,19(35)15-9-5-13(2)6-10-15)20(36)24(38-21)32-11-29-16-22(27)30-25(28)31-23(16)32/h3-11,17,20-21,24,33,36-37H,1-2H3/t17?,20-,21+,24+,26-/m0/s1. The molecule has 5 atom stereocenters. The number of carbonyl (C=O) groups excluding carboxylic acids is 2. The van der Waals surface area contributed by atoms with E-state index in [0.717, 1.165) is 11.1 Å². The second-order valence-electron chi connectivity index (χ2n) is 9.20. The molecule has 2 aromatic heterocycles. The van der Waals surface area contributed by atoms with E-state index in [1.54, 1.807) is 36.4 Å². The number of benzene rings is 2. The molecule has 196 valence electrons. The zero-order chi connectivity index (χ0) is 27.4. The number of aliphatic hydroxyl groups excluding tert-OH is 2. The first-order valence-electron chi connectivity index (χ1n) is 11.5. The number of Topliss-reactive ketones (excluding diaryl/α,β-unsaturated/α-hetero) is 2. The molecule has 0 amide bonds. The van der Waals surface area contributed by atoms with Crippen molar-refractivity contribution in [2.75, 3.05) is 0 Å². The van der Waals surface area contributed by atoms with Gasteiger partial charge >= 0.3 is 0 Å². The van der Waals surface area contributed by atoms with E-state index in [-0.39, 0.29) is 32.7 Å². The summed E-state index contributed by atoms with van der Waals surface area (Å²) in [4.78, 5) is 39.3. The van der Waals surface area contributed by atoms with Gasteiger partial charge in [-0.25, -0.2) is 9.97 Å². The molecule has 3 heterocycles. The van der Waals surface area contributed by atoms with Crippen LogP contribution in [0.2, 0.25) is 10.4 Å². The Kier molecular flexibility index (Phi) is 6.80. The van der Waals surface area contributed by atoms with Crippen molar-refractivity contribution in [3.8, 4) is 0 Å². The van der Waals surface area contributed by atoms with Crippen LogP contribution >= 0.6 is 23.2 Å². The summed E-state index contributed by atoms with van der Waals surface area (Å²) in [5.74, 6) is -1.98. The van der Waals surface area contributed by atoms with Crippen LogP contribution in [0.15, 0.2) is 54.9 Å². The Morgan fingerprint density at radius 2 is 1.63 bits per heavy atom. The summed E-state index contributed by atoms with van der Waals surface area (Å²) in [6.45, 7) is 3.66. The fourth-order valence-corrected chi connectivity index (χ4v) is 4.90. The van der Waals surface area contributed by atoms with Gasteiger partial charge in [-0.1, -0.05) is 71.3 Å². The molecule has 0 saturated carbocycles. The Labute approximate surface area is 226 Å². The Balaban J connectivity index is 1.61. The fourth-order valence-electron chi connectivity index (χ4n) is 4.48. The number of rotatable bonds is 6. The van der Waals surface area contributed by atoms with Crippen molar-refractivity contribution < 1.29 is 29.6 Å². The van der Waals surface area contributed by atoms with Gasteiger partial charge in [0.05, 0.1) is 6.33 Å². The highest BCUT2D eigenvalue weighted by atomic mass is 35.5. The second-order valence-corrected chi connectivity index (χ2v) is 9.89. The Morgan fingerprint density at radius 3 is 2.26 bits per heavy atom. The monoisotopic (exact) mass is 556 g/mol. The largest absolute Gasteiger partial charge is 0.385 e. The molecule has 12 heteroatoms. The van der Waals surface area contributed by atoms with Gasteiger partial charge in [-0.2, -0.15) is 4.98 Å². The van der Waals surface area contributed by atoms with Gasteiger partial charge in [0, 0.05) is 5.56 Å². The van der Waals surface area contributed by atoms with Crippen molar-refractivity contribution in [3.63, 3.8) is 0 Å². The number of carbonyl (C=O) groups is 2. The number of ketones is 2. The molecule has 1 saturated heterocycles. The zero-order valence-electron chi connectivity index (χ0n) is 20.1. The second kappa shape index (κ2) is 9.81. The van der Waals surface area contributed by atoms with Gasteiger partial charge in [0.15, 0.2) is 40.3 Å². The van der Waals surface area contributed by atoms with Crippen molar-refractivity contribution in [1.82, 2.24) is 19.5 Å². The van der Waals surface area contributed by atoms with Gasteiger partial charge in [-0.05, 0) is 31.0 Å². The summed E-state index contributed by atoms with van der Waals surface area (Å²) in [6.07, 6.45) is -6.02. The molecule has 1 aliphatic rings. The minimum Gasteiger partial charge on any atom is -0.385 e. The maximum Gasteiger partial charge on any atom is 0.225 e. The van der Waals surface area contributed by atoms with E-state index in [2.05, 4.69) is 15.0 Å². The van der Waals surface area contributed by atoms with Crippen LogP contribution in [0.3, 0.4) is 0 Å². The minimum atomic E-state index is -2.78. The average Bonchev–Trinajstić information content (AvgIpc) is 3.43. The number of aromatic nitrogens is 4. The van der Waals surface area contributed by atoms with Crippen LogP contribution < -0.4 is 0 Å². The van der Waals surface area contributed by atoms with Crippen LogP contribution in [0.25, 0.3) is 11.2 Å². The molecule has 1 aliphatic heterocycles. The molecule has 5 rings (SSSR count). The molecular formula is C26H22Cl2N4O6. The number of hydrogen-bond acceptors (Lipinski definition) is 9. The lowest BCUT2D eigenvalue weighted by molar-refractivity contribution is -0.147. The number of nitrogens with zero attached hydrogens (tertiary/aromatic N) is 4. The molecule has 1 unspecified atom stereocenters. The van der Waals surface area contributed by atoms with Crippen molar-refractivity contribution in [2.45, 2.75) is 44.0 Å². The third-order valence-electron chi connectivity index (χ3n) is 6.62. The lowest BCUT2D eigenvalue weighted by atomic mass is 9.80. The van der Waals surface area contributed by atoms with Crippen molar-refractivity contribution in [1.29, 1.82) is 0 Å². The summed E-state index contributed by atoms with van der Waals surface area (Å²) >= 11 is 12.1. The predicted octanol–water partition coefficient (Wildman–Crippen LogP) is 2.92. The highest BCUT2D eigenvalue weighted by Crippen LogP contribution is 2.42. The minimum absolute atomic E-state index is 0.0351. The van der Waals surface area contributed by atoms with E-state index in [4.69, 9.17) is 27.9 Å². The third-order valence-corrected chi connectivity index (χ3v) is 7.05. The van der Waals surface area contributed by atoms with Crippen molar-refractivity contribution >= 4 is 45.9 Å². The lowest BCUT2D eigenvalue weighted by Gasteiger charge is -2.30. The van der Waals surface area contributed by atoms with Gasteiger partial charge in [-0.15, -0.1) is 0 Å². The number of imidazole rings is 1. The molecular weight excluding hydrogens is 535 g/mol. The predicted molar refractivity (Wildman–Crippen MR) is 137 cm³/mol. The molecule has 3 N–H and O–H groups in total. The summed E-state index contributed by atoms with van der Waals surface area (Å²) < 4.78 is 7.05. The van der Waals surface area contributed by atoms with Gasteiger partial charge in [0.25, 0.3) is 0 Å². The van der Waals surface area contributed by atoms with E-state index >= 15 is 0 Å². The number of aliphatic hydroxyl groups is 3. The highest BCUT2D eigenvalue weighted by Gasteiger charge is 2.64. The van der Waals surface area contributed by atoms with Crippen LogP contribution in [-0.2, 0) is 9.53 Å². The number of aryl methyl sites for hydroxylation is 2. The van der Waals surface area contributed by atoms with Gasteiger partial charge < -0.3 is 20.1 Å². The van der Waals surface area contributed by atoms with Crippen LogP contribution in [0.5, 0.6) is 0 Å². The molecule has 0 aliphatic carbocycles. The number of fused-ring (bicyclic) bond motifs is 1. The highest BCUT2D eigenvalue weighted by molar-refractivity contribution is 6.35. The summed E-state index contributed by atoms with van der Waals surface area (Å²) in [5, 5.41) is 33.8. The van der Waals surface area contributed by atoms with Gasteiger partial charge in [-0.3, -0.25) is 14.2 Å². The lowest BCUT2D eigenvalue weighted by Crippen LogP contribution is -2.57. The molecule has 38 heavy (non-hydrogen) atoms. The Hall–Kier alpha value is -3.25. The number of halogens is 2. The summed E-state index contributed by atoms with van der Waals surface area (Å²) in [6, 6.07) is 12.7. The van der Waals surface area contributed by atoms with Gasteiger partial charge in [0.2, 0.25) is 5.28 Å². The molecule has 1 fully saturated rings. The fraction of sp³-hybridized carbons (Fsp3) is 0.269. The molecule has 0 bridgehead atoms. The number of ether oxygens (including phenoxy) is 1. The van der Waals surface area contributed by atoms with Crippen molar-refractivity contribution in [3.05, 3.63) is 87.5 Å². The van der Waals surface area contributed by atoms with Gasteiger partial charge in [0.1, 0.15) is 17.7 Å². The molecule has 10 nitrogen and oxygen atoms in total. The van der Waals surface area contributed by atoms with Crippen LogP contribution in [-0.4, -0.2) is 64.2 Å². The number of hydrogen-bond donors (Lipinski definition) is 3. The molecule has 2 aromatic carbocycles. The third kappa shape index (κ3) is 4.29. The summed E-state index contributed by atoms with van der Waals surface area (Å²) in [5.41, 5.74) is -0.598. The van der Waals surface area contributed by atoms with Crippen LogP contribution in [0.1, 0.15) is 39.4 Å². The average molecular weight is 557 g/mol. The maximum absolute atomic E-state index is 13.7. The Bertz CT molecular complexity index is 1540. The molecule has 0 spiro atoms. The normalized spacial score (nSPS) is 24.0. The summed E-state index contributed by atoms with van der Waals surface area (Å²) in [7, 11) is 0. The van der Waals surface area contributed by atoms with E-state index in [1.165, 1.54) is 23.0 Å². The van der Waals surface area contributed by atoms with E-state index in [0.29, 0.717) is 0 Å². The first-order valence-corrected chi connectivity index (χ1v) is 12.3. The molecule has 4 aromatic rings. The zero-order valence-corrected chi connectivity index (χ0v) is 21.6. The SMILES string of the molecule is Cc1ccc(C(=O)[C@@]2(O)[C@@H](C(=O)C(O)c3ccc(C)cc3)O[C@@H](n3cnc4c(Cl)nc(Cl)nc43)[C@@H]2O)cc1. The van der Waals surface area contributed by atoms with Crippen LogP contribution in [0.4, 0.5) is 0 Å². The van der Waals surface area contributed by atoms with E-state index in [9.17, 15) is 24.9 Å². The first kappa shape index (κ1) is 26.4. The van der Waals surface area contributed by atoms with E-state index in [1.807, 2.05) is 13.8 Å². The topological polar surface area (TPSA) is 148 Å².